The van der Waals surface area contributed by atoms with Crippen molar-refractivity contribution < 1.29 is 42.5 Å². The lowest BCUT2D eigenvalue weighted by Crippen LogP contribution is -2.58. The number of halogens is 4. The third-order valence-corrected chi connectivity index (χ3v) is 1.96. The summed E-state index contributed by atoms with van der Waals surface area (Å²) in [7, 11) is 0. The third-order valence-electron chi connectivity index (χ3n) is 1.96. The molecule has 1 amide bonds. The molecule has 18 heavy (non-hydrogen) atoms. The minimum Gasteiger partial charge on any atom is -0.477 e. The minimum atomic E-state index is -5.58. The van der Waals surface area contributed by atoms with Crippen LogP contribution in [0.1, 0.15) is 0 Å². The van der Waals surface area contributed by atoms with E-state index in [4.69, 9.17) is 15.3 Å². The number of hydrogen-bond donors (Lipinski definition) is 3. The first-order valence-electron chi connectivity index (χ1n) is 4.63. The number of nitrogens with zero attached hydrogens (tertiary/aromatic N) is 1. The second kappa shape index (κ2) is 5.96. The maximum atomic E-state index is 13.1. The number of carboxylic acids is 1. The average molecular weight is 277 g/mol. The molecular weight excluding hydrogens is 266 g/mol. The van der Waals surface area contributed by atoms with Gasteiger partial charge in [0.05, 0.1) is 13.2 Å². The molecule has 0 aromatic carbocycles. The van der Waals surface area contributed by atoms with Crippen LogP contribution in [0.4, 0.5) is 17.6 Å². The summed E-state index contributed by atoms with van der Waals surface area (Å²) in [6, 6.07) is 0. The molecule has 10 heteroatoms. The average Bonchev–Trinajstić information content (AvgIpc) is 2.27. The molecular formula is C8H11F4NO5. The second-order valence-electron chi connectivity index (χ2n) is 3.19. The van der Waals surface area contributed by atoms with Crippen LogP contribution < -0.4 is 0 Å². The molecule has 3 N–H and O–H groups in total. The van der Waals surface area contributed by atoms with Crippen molar-refractivity contribution in [1.29, 1.82) is 0 Å². The Morgan fingerprint density at radius 2 is 1.33 bits per heavy atom. The standard InChI is InChI=1S/C8H11F4NO5/c9-7(10,8(11,12)6(17)18)5(16)13(1-3-14)2-4-15/h14-15H,1-4H2,(H,17,18). The molecule has 0 fully saturated rings. The molecule has 0 unspecified atom stereocenters. The van der Waals surface area contributed by atoms with Crippen LogP contribution in [0.3, 0.4) is 0 Å². The van der Waals surface area contributed by atoms with E-state index in [1.165, 1.54) is 0 Å². The summed E-state index contributed by atoms with van der Waals surface area (Å²) in [6.45, 7) is -3.07. The lowest BCUT2D eigenvalue weighted by atomic mass is 10.1. The number of alkyl halides is 4. The van der Waals surface area contributed by atoms with Crippen LogP contribution in [0.15, 0.2) is 0 Å². The molecule has 0 bridgehead atoms. The minimum absolute atomic E-state index is 0.0524. The largest absolute Gasteiger partial charge is 0.477 e. The highest BCUT2D eigenvalue weighted by Crippen LogP contribution is 2.36. The van der Waals surface area contributed by atoms with Gasteiger partial charge in [-0.25, -0.2) is 4.79 Å². The Kier molecular flexibility index (Phi) is 5.49. The normalized spacial score (nSPS) is 12.3. The van der Waals surface area contributed by atoms with E-state index in [0.29, 0.717) is 0 Å². The molecule has 106 valence electrons. The van der Waals surface area contributed by atoms with Crippen LogP contribution in [0.25, 0.3) is 0 Å². The van der Waals surface area contributed by atoms with Gasteiger partial charge in [0.15, 0.2) is 0 Å². The summed E-state index contributed by atoms with van der Waals surface area (Å²) in [5.74, 6) is -16.7. The van der Waals surface area contributed by atoms with Crippen molar-refractivity contribution in [3.05, 3.63) is 0 Å². The highest BCUT2D eigenvalue weighted by molar-refractivity contribution is 5.92. The van der Waals surface area contributed by atoms with Gasteiger partial charge in [0.2, 0.25) is 0 Å². The zero-order valence-corrected chi connectivity index (χ0v) is 8.95. The molecule has 0 radical (unpaired) electrons. The van der Waals surface area contributed by atoms with E-state index < -0.39 is 50.0 Å². The van der Waals surface area contributed by atoms with Crippen LogP contribution in [-0.2, 0) is 9.59 Å². The van der Waals surface area contributed by atoms with E-state index >= 15 is 0 Å². The van der Waals surface area contributed by atoms with Gasteiger partial charge in [0.25, 0.3) is 0 Å². The van der Waals surface area contributed by atoms with Crippen LogP contribution >= 0.6 is 0 Å². The molecule has 0 aliphatic heterocycles. The van der Waals surface area contributed by atoms with Gasteiger partial charge in [-0.2, -0.15) is 17.6 Å². The van der Waals surface area contributed by atoms with Crippen molar-refractivity contribution in [3.63, 3.8) is 0 Å². The molecule has 0 heterocycles. The van der Waals surface area contributed by atoms with E-state index in [-0.39, 0.29) is 4.90 Å². The monoisotopic (exact) mass is 277 g/mol. The number of aliphatic hydroxyl groups excluding tert-OH is 2. The number of carbonyl (C=O) groups is 2. The van der Waals surface area contributed by atoms with Crippen LogP contribution in [0.5, 0.6) is 0 Å². The van der Waals surface area contributed by atoms with Gasteiger partial charge in [0.1, 0.15) is 0 Å². The Balaban J connectivity index is 5.19. The van der Waals surface area contributed by atoms with Gasteiger partial charge in [-0.1, -0.05) is 0 Å². The van der Waals surface area contributed by atoms with Gasteiger partial charge in [-0.15, -0.1) is 0 Å². The lowest BCUT2D eigenvalue weighted by molar-refractivity contribution is -0.227. The smallest absolute Gasteiger partial charge is 0.413 e. The predicted molar refractivity (Wildman–Crippen MR) is 48.3 cm³/mol. The maximum absolute atomic E-state index is 13.1. The molecule has 0 aromatic heterocycles. The van der Waals surface area contributed by atoms with Crippen LogP contribution in [0.2, 0.25) is 0 Å². The van der Waals surface area contributed by atoms with Crippen molar-refractivity contribution in [2.24, 2.45) is 0 Å². The molecule has 0 aromatic rings. The molecule has 0 saturated heterocycles. The summed E-state index contributed by atoms with van der Waals surface area (Å²) < 4.78 is 51.5. The van der Waals surface area contributed by atoms with E-state index in [1.54, 1.807) is 0 Å². The summed E-state index contributed by atoms with van der Waals surface area (Å²) in [5, 5.41) is 24.9. The summed E-state index contributed by atoms with van der Waals surface area (Å²) >= 11 is 0. The number of carboxylic acid groups (broad SMARTS) is 1. The fraction of sp³-hybridized carbons (Fsp3) is 0.750. The molecule has 6 nitrogen and oxygen atoms in total. The zero-order chi connectivity index (χ0) is 14.6. The van der Waals surface area contributed by atoms with E-state index in [1.807, 2.05) is 0 Å². The van der Waals surface area contributed by atoms with E-state index in [9.17, 15) is 27.2 Å². The van der Waals surface area contributed by atoms with Gasteiger partial charge in [0, 0.05) is 13.1 Å². The molecule has 0 aliphatic carbocycles. The molecule has 0 aliphatic rings. The highest BCUT2D eigenvalue weighted by atomic mass is 19.3. The van der Waals surface area contributed by atoms with Gasteiger partial charge >= 0.3 is 23.7 Å². The fourth-order valence-corrected chi connectivity index (χ4v) is 1.02. The summed E-state index contributed by atoms with van der Waals surface area (Å²) in [5.41, 5.74) is 0. The second-order valence-corrected chi connectivity index (χ2v) is 3.19. The molecule has 0 rings (SSSR count). The maximum Gasteiger partial charge on any atom is 0.413 e. The number of aliphatic hydroxyl groups is 2. The first kappa shape index (κ1) is 16.6. The molecule has 0 atom stereocenters. The van der Waals surface area contributed by atoms with Crippen molar-refractivity contribution in [1.82, 2.24) is 4.90 Å². The zero-order valence-electron chi connectivity index (χ0n) is 8.95. The summed E-state index contributed by atoms with van der Waals surface area (Å²) in [6.07, 6.45) is 0. The highest BCUT2D eigenvalue weighted by Gasteiger charge is 2.68. The van der Waals surface area contributed by atoms with E-state index in [0.717, 1.165) is 0 Å². The van der Waals surface area contributed by atoms with Gasteiger partial charge < -0.3 is 20.2 Å². The Hall–Kier alpha value is -1.42. The molecule has 0 spiro atoms. The lowest BCUT2D eigenvalue weighted by Gasteiger charge is -2.28. The number of aliphatic carboxylic acids is 1. The van der Waals surface area contributed by atoms with Crippen LogP contribution in [0, 0.1) is 0 Å². The Labute approximate surface area is 98.4 Å². The van der Waals surface area contributed by atoms with Crippen molar-refractivity contribution in [2.75, 3.05) is 26.3 Å². The summed E-state index contributed by atoms with van der Waals surface area (Å²) in [4.78, 5) is 21.2. The van der Waals surface area contributed by atoms with Gasteiger partial charge in [-0.3, -0.25) is 4.79 Å². The van der Waals surface area contributed by atoms with Crippen LogP contribution in [-0.4, -0.2) is 70.2 Å². The first-order valence-corrected chi connectivity index (χ1v) is 4.63. The molecule has 0 saturated carbocycles. The Bertz CT molecular complexity index is 317. The third kappa shape index (κ3) is 3.07. The number of hydrogen-bond acceptors (Lipinski definition) is 4. The van der Waals surface area contributed by atoms with Gasteiger partial charge in [-0.05, 0) is 0 Å². The number of rotatable bonds is 7. The van der Waals surface area contributed by atoms with Crippen molar-refractivity contribution in [3.8, 4) is 0 Å². The first-order chi connectivity index (χ1) is 8.12. The Morgan fingerprint density at radius 3 is 1.61 bits per heavy atom. The Morgan fingerprint density at radius 1 is 0.944 bits per heavy atom. The number of amides is 1. The van der Waals surface area contributed by atoms with Crippen molar-refractivity contribution in [2.45, 2.75) is 11.8 Å². The predicted octanol–water partition coefficient (Wildman–Crippen LogP) is -0.845. The number of carbonyl (C=O) groups excluding carboxylic acids is 1. The fourth-order valence-electron chi connectivity index (χ4n) is 1.02. The topological polar surface area (TPSA) is 98.1 Å². The van der Waals surface area contributed by atoms with Crippen molar-refractivity contribution >= 4 is 11.9 Å². The quantitative estimate of drug-likeness (QED) is 0.527. The van der Waals surface area contributed by atoms with E-state index in [2.05, 4.69) is 0 Å². The SMILES string of the molecule is O=C(O)C(F)(F)C(F)(F)C(=O)N(CCO)CCO.